The van der Waals surface area contributed by atoms with E-state index < -0.39 is 0 Å². The Labute approximate surface area is 345 Å². The maximum Gasteiger partial charge on any atom is 0.136 e. The number of hydrogen-bond acceptors (Lipinski definition) is 4. The van der Waals surface area contributed by atoms with Gasteiger partial charge in [0.05, 0.1) is 24.6 Å². The Hall–Kier alpha value is -3.80. The van der Waals surface area contributed by atoms with Crippen LogP contribution in [0.25, 0.3) is 22.5 Å². The van der Waals surface area contributed by atoms with Crippen molar-refractivity contribution < 1.29 is 18.3 Å². The second-order valence-electron chi connectivity index (χ2n) is 17.1. The van der Waals surface area contributed by atoms with E-state index in [1.807, 2.05) is 36.7 Å². The molecule has 0 aliphatic heterocycles. The van der Waals surface area contributed by atoms with Crippen LogP contribution in [0.3, 0.4) is 0 Å². The summed E-state index contributed by atoms with van der Waals surface area (Å²) in [6.45, 7) is 19.3. The van der Waals surface area contributed by atoms with Gasteiger partial charge in [-0.05, 0) is 96.9 Å². The van der Waals surface area contributed by atoms with Crippen LogP contribution >= 0.6 is 0 Å². The van der Waals surface area contributed by atoms with E-state index in [0.717, 1.165) is 56.8 Å². The molecule has 0 fully saturated rings. The van der Waals surface area contributed by atoms with Gasteiger partial charge < -0.3 is 9.47 Å². The van der Waals surface area contributed by atoms with E-state index in [1.165, 1.54) is 74.6 Å². The van der Waals surface area contributed by atoms with Gasteiger partial charge in [-0.2, -0.15) is 0 Å². The second-order valence-corrected chi connectivity index (χ2v) is 17.1. The molecule has 0 bridgehead atoms. The average Bonchev–Trinajstić information content (AvgIpc) is 3.17. The number of benzene rings is 2. The van der Waals surface area contributed by atoms with Gasteiger partial charge >= 0.3 is 0 Å². The summed E-state index contributed by atoms with van der Waals surface area (Å²) in [5.41, 5.74) is 4.84. The summed E-state index contributed by atoms with van der Waals surface area (Å²) in [5.74, 6) is 3.46. The third-order valence-electron chi connectivity index (χ3n) is 10.5. The van der Waals surface area contributed by atoms with Crippen LogP contribution in [-0.4, -0.2) is 23.2 Å². The van der Waals surface area contributed by atoms with Crippen LogP contribution in [-0.2, 0) is 12.8 Å². The third kappa shape index (κ3) is 19.0. The Morgan fingerprint density at radius 1 is 0.491 bits per heavy atom. The zero-order valence-electron chi connectivity index (χ0n) is 36.7. The molecule has 0 spiro atoms. The normalized spacial score (nSPS) is 12.4. The molecule has 2 heterocycles. The number of ether oxygens (including phenoxy) is 2. The second kappa shape index (κ2) is 27.0. The van der Waals surface area contributed by atoms with E-state index in [9.17, 15) is 8.78 Å². The Bertz CT molecular complexity index is 1660. The lowest BCUT2D eigenvalue weighted by Gasteiger charge is -2.13. The zero-order valence-corrected chi connectivity index (χ0v) is 36.7. The van der Waals surface area contributed by atoms with E-state index in [4.69, 9.17) is 9.47 Å². The monoisotopic (exact) mass is 785 g/mol. The van der Waals surface area contributed by atoms with Crippen molar-refractivity contribution in [2.75, 3.05) is 13.2 Å². The van der Waals surface area contributed by atoms with Gasteiger partial charge in [0.25, 0.3) is 0 Å². The molecule has 2 aromatic carbocycles. The number of nitrogens with zero attached hydrogens (tertiary/aromatic N) is 2. The lowest BCUT2D eigenvalue weighted by molar-refractivity contribution is 0.303. The number of rotatable bonds is 25. The summed E-state index contributed by atoms with van der Waals surface area (Å²) >= 11 is 0. The van der Waals surface area contributed by atoms with Crippen LogP contribution in [0.1, 0.15) is 150 Å². The van der Waals surface area contributed by atoms with E-state index in [2.05, 4.69) is 77.5 Å². The molecule has 2 atom stereocenters. The van der Waals surface area contributed by atoms with Crippen LogP contribution < -0.4 is 9.47 Å². The molecule has 0 aliphatic rings. The molecular weight excluding hydrogens is 711 g/mol. The minimum atomic E-state index is -0.282. The zero-order chi connectivity index (χ0) is 41.4. The predicted octanol–water partition coefficient (Wildman–Crippen LogP) is 15.3. The fourth-order valence-corrected chi connectivity index (χ4v) is 7.01. The number of halogens is 2. The van der Waals surface area contributed by atoms with E-state index in [-0.39, 0.29) is 11.6 Å². The fraction of sp³-hybridized carbons (Fsp3) is 0.569. The molecule has 0 aliphatic carbocycles. The van der Waals surface area contributed by atoms with Crippen LogP contribution in [0, 0.1) is 35.3 Å². The molecule has 0 amide bonds. The number of unbranched alkanes of at least 4 members (excludes halogenated alkanes) is 5. The van der Waals surface area contributed by atoms with Gasteiger partial charge in [0, 0.05) is 35.7 Å². The molecule has 4 aromatic rings. The Kier molecular flexibility index (Phi) is 22.5. The average molecular weight is 785 g/mol. The molecule has 0 saturated heterocycles. The Morgan fingerprint density at radius 2 is 0.912 bits per heavy atom. The van der Waals surface area contributed by atoms with Crippen LogP contribution in [0.5, 0.6) is 11.5 Å². The highest BCUT2D eigenvalue weighted by Gasteiger charge is 2.12. The molecule has 0 radical (unpaired) electrons. The molecule has 6 heteroatoms. The van der Waals surface area contributed by atoms with Gasteiger partial charge in [0.15, 0.2) is 0 Å². The predicted molar refractivity (Wildman–Crippen MR) is 237 cm³/mol. The summed E-state index contributed by atoms with van der Waals surface area (Å²) in [6, 6.07) is 18.2. The van der Waals surface area contributed by atoms with Crippen molar-refractivity contribution in [1.29, 1.82) is 0 Å². The first kappa shape index (κ1) is 47.6. The maximum atomic E-state index is 14.6. The van der Waals surface area contributed by atoms with Crippen LogP contribution in [0.2, 0.25) is 0 Å². The van der Waals surface area contributed by atoms with Gasteiger partial charge in [-0.1, -0.05) is 138 Å². The van der Waals surface area contributed by atoms with Gasteiger partial charge in [-0.15, -0.1) is 0 Å². The lowest BCUT2D eigenvalue weighted by Crippen LogP contribution is -2.02. The number of pyridine rings is 2. The molecule has 57 heavy (non-hydrogen) atoms. The molecule has 2 aromatic heterocycles. The first-order valence-electron chi connectivity index (χ1n) is 22.2. The topological polar surface area (TPSA) is 44.2 Å². The molecular formula is C51H74F2N2O2. The van der Waals surface area contributed by atoms with E-state index in [1.54, 1.807) is 12.1 Å². The van der Waals surface area contributed by atoms with Crippen molar-refractivity contribution >= 4 is 0 Å². The van der Waals surface area contributed by atoms with Crippen molar-refractivity contribution in [3.05, 3.63) is 95.8 Å². The Balaban J connectivity index is 0.000000306. The highest BCUT2D eigenvalue weighted by atomic mass is 19.1. The van der Waals surface area contributed by atoms with E-state index in [0.29, 0.717) is 59.1 Å². The Morgan fingerprint density at radius 3 is 1.28 bits per heavy atom. The van der Waals surface area contributed by atoms with Gasteiger partial charge in [-0.3, -0.25) is 9.97 Å². The largest absolute Gasteiger partial charge is 0.493 e. The van der Waals surface area contributed by atoms with E-state index >= 15 is 0 Å². The van der Waals surface area contributed by atoms with Gasteiger partial charge in [-0.25, -0.2) is 8.78 Å². The van der Waals surface area contributed by atoms with Crippen molar-refractivity contribution in [2.45, 2.75) is 152 Å². The van der Waals surface area contributed by atoms with Gasteiger partial charge in [0.2, 0.25) is 0 Å². The highest BCUT2D eigenvalue weighted by molar-refractivity contribution is 5.62. The smallest absolute Gasteiger partial charge is 0.136 e. The number of aromatic nitrogens is 2. The molecule has 314 valence electrons. The standard InChI is InChI=1S/C26H38FNO.C25H36FNO/c1-5-6-7-8-16-29-23-13-14-24(25(27)18-23)26-15-12-22(19-28-26)17-21(4)11-9-10-20(2)3;1-5-6-7-15-28-22-12-13-23(24(26)17-22)25-14-11-21(18-27-25)16-20(4)10-8-9-19(2)3/h12-15,18-21H,5-11,16-17H2,1-4H3;11-14,17-20H,5-10,15-16H2,1-4H3. The van der Waals surface area contributed by atoms with Crippen molar-refractivity contribution in [3.8, 4) is 34.0 Å². The molecule has 0 saturated carbocycles. The maximum absolute atomic E-state index is 14.6. The minimum Gasteiger partial charge on any atom is -0.493 e. The summed E-state index contributed by atoms with van der Waals surface area (Å²) in [6.07, 6.45) is 21.3. The van der Waals surface area contributed by atoms with Gasteiger partial charge in [0.1, 0.15) is 23.1 Å². The SMILES string of the molecule is CCCCCCOc1ccc(-c2ccc(CC(C)CCCC(C)C)cn2)c(F)c1.CCCCCOc1ccc(-c2ccc(CC(C)CCCC(C)C)cn2)c(F)c1. The molecule has 4 nitrogen and oxygen atoms in total. The molecule has 0 N–H and O–H groups in total. The summed E-state index contributed by atoms with van der Waals surface area (Å²) in [4.78, 5) is 9.02. The molecule has 2 unspecified atom stereocenters. The van der Waals surface area contributed by atoms with Crippen LogP contribution in [0.15, 0.2) is 73.1 Å². The first-order chi connectivity index (χ1) is 27.5. The molecule has 4 rings (SSSR count). The lowest BCUT2D eigenvalue weighted by atomic mass is 9.94. The fourth-order valence-electron chi connectivity index (χ4n) is 7.01. The van der Waals surface area contributed by atoms with Crippen molar-refractivity contribution in [2.24, 2.45) is 23.7 Å². The first-order valence-corrected chi connectivity index (χ1v) is 22.2. The summed E-state index contributed by atoms with van der Waals surface area (Å²) in [5, 5.41) is 0. The summed E-state index contributed by atoms with van der Waals surface area (Å²) in [7, 11) is 0. The summed E-state index contributed by atoms with van der Waals surface area (Å²) < 4.78 is 40.4. The minimum absolute atomic E-state index is 0.279. The third-order valence-corrected chi connectivity index (χ3v) is 10.5. The highest BCUT2D eigenvalue weighted by Crippen LogP contribution is 2.28. The number of hydrogen-bond donors (Lipinski definition) is 0. The van der Waals surface area contributed by atoms with Crippen molar-refractivity contribution in [1.82, 2.24) is 9.97 Å². The van der Waals surface area contributed by atoms with Crippen LogP contribution in [0.4, 0.5) is 8.78 Å². The van der Waals surface area contributed by atoms with Crippen molar-refractivity contribution in [3.63, 3.8) is 0 Å². The quantitative estimate of drug-likeness (QED) is 0.0628.